The lowest BCUT2D eigenvalue weighted by Crippen LogP contribution is -2.15. The number of carbonyl (C=O) groups excluding carboxylic acids is 2. The number of hydrogen-bond donors (Lipinski definition) is 2. The number of nitrogen functional groups attached to an aromatic ring is 1. The van der Waals surface area contributed by atoms with Gasteiger partial charge in [-0.05, 0) is 36.1 Å². The number of carbonyl (C=O) groups is 2. The third kappa shape index (κ3) is 2.80. The van der Waals surface area contributed by atoms with Crippen LogP contribution in [0.5, 0.6) is 0 Å². The van der Waals surface area contributed by atoms with Gasteiger partial charge in [-0.1, -0.05) is 6.07 Å². The molecule has 5 nitrogen and oxygen atoms in total. The van der Waals surface area contributed by atoms with Gasteiger partial charge in [-0.25, -0.2) is 4.79 Å². The molecule has 1 amide bonds. The van der Waals surface area contributed by atoms with Gasteiger partial charge in [0.1, 0.15) is 4.88 Å². The van der Waals surface area contributed by atoms with E-state index in [1.165, 1.54) is 18.4 Å². The van der Waals surface area contributed by atoms with Crippen LogP contribution in [0.25, 0.3) is 0 Å². The van der Waals surface area contributed by atoms with Crippen molar-refractivity contribution >= 4 is 34.6 Å². The van der Waals surface area contributed by atoms with Gasteiger partial charge < -0.3 is 15.8 Å². The first kappa shape index (κ1) is 14.1. The molecule has 0 saturated heterocycles. The number of methoxy groups -OCH3 is 1. The van der Waals surface area contributed by atoms with E-state index < -0.39 is 5.97 Å². The zero-order valence-electron chi connectivity index (χ0n) is 11.1. The van der Waals surface area contributed by atoms with Gasteiger partial charge in [-0.15, -0.1) is 11.3 Å². The molecule has 2 rings (SSSR count). The van der Waals surface area contributed by atoms with Crippen molar-refractivity contribution in [3.63, 3.8) is 0 Å². The number of nitrogens with two attached hydrogens (primary N) is 1. The summed E-state index contributed by atoms with van der Waals surface area (Å²) >= 11 is 1.24. The molecule has 0 radical (unpaired) electrons. The van der Waals surface area contributed by atoms with E-state index in [0.29, 0.717) is 21.8 Å². The number of benzene rings is 1. The molecule has 0 aliphatic heterocycles. The lowest BCUT2D eigenvalue weighted by atomic mass is 10.2. The van der Waals surface area contributed by atoms with Crippen molar-refractivity contribution in [3.8, 4) is 0 Å². The van der Waals surface area contributed by atoms with Gasteiger partial charge >= 0.3 is 5.97 Å². The molecule has 2 aromatic rings. The van der Waals surface area contributed by atoms with Crippen molar-refractivity contribution < 1.29 is 14.3 Å². The Morgan fingerprint density at radius 1 is 1.35 bits per heavy atom. The van der Waals surface area contributed by atoms with Crippen molar-refractivity contribution in [2.75, 3.05) is 18.2 Å². The van der Waals surface area contributed by atoms with E-state index in [0.717, 1.165) is 5.56 Å². The van der Waals surface area contributed by atoms with E-state index in [1.807, 2.05) is 6.92 Å². The average Bonchev–Trinajstić information content (AvgIpc) is 2.79. The summed E-state index contributed by atoms with van der Waals surface area (Å²) in [6.45, 7) is 1.82. The minimum atomic E-state index is -0.467. The minimum Gasteiger partial charge on any atom is -0.465 e. The predicted molar refractivity (Wildman–Crippen MR) is 79.2 cm³/mol. The number of nitrogens with one attached hydrogen (secondary N) is 1. The fourth-order valence-electron chi connectivity index (χ4n) is 1.71. The van der Waals surface area contributed by atoms with Gasteiger partial charge in [-0.2, -0.15) is 0 Å². The number of amides is 1. The van der Waals surface area contributed by atoms with Gasteiger partial charge in [0, 0.05) is 11.3 Å². The highest BCUT2D eigenvalue weighted by atomic mass is 32.1. The number of anilines is 2. The van der Waals surface area contributed by atoms with E-state index in [1.54, 1.807) is 29.6 Å². The van der Waals surface area contributed by atoms with Crippen LogP contribution in [0.1, 0.15) is 25.6 Å². The number of hydrogen-bond acceptors (Lipinski definition) is 5. The van der Waals surface area contributed by atoms with Gasteiger partial charge in [0.25, 0.3) is 5.91 Å². The standard InChI is InChI=1S/C14H14N2O3S/c1-8-7-20-12(14(18)19-2)11(8)16-13(17)9-4-3-5-10(15)6-9/h3-7H,15H2,1-2H3,(H,16,17). The highest BCUT2D eigenvalue weighted by Gasteiger charge is 2.19. The SMILES string of the molecule is COC(=O)c1scc(C)c1NC(=O)c1cccc(N)c1. The summed E-state index contributed by atoms with van der Waals surface area (Å²) in [6, 6.07) is 6.64. The highest BCUT2D eigenvalue weighted by molar-refractivity contribution is 7.12. The number of esters is 1. The Kier molecular flexibility index (Phi) is 4.05. The van der Waals surface area contributed by atoms with Crippen LogP contribution >= 0.6 is 11.3 Å². The molecule has 0 unspecified atom stereocenters. The Bertz CT molecular complexity index is 664. The smallest absolute Gasteiger partial charge is 0.350 e. The van der Waals surface area contributed by atoms with Crippen LogP contribution in [0.2, 0.25) is 0 Å². The van der Waals surface area contributed by atoms with E-state index in [-0.39, 0.29) is 5.91 Å². The molecular formula is C14H14N2O3S. The Hall–Kier alpha value is -2.34. The molecule has 104 valence electrons. The second-order valence-electron chi connectivity index (χ2n) is 4.19. The van der Waals surface area contributed by atoms with Gasteiger partial charge in [-0.3, -0.25) is 4.79 Å². The zero-order valence-corrected chi connectivity index (χ0v) is 11.9. The van der Waals surface area contributed by atoms with Crippen LogP contribution in [0.15, 0.2) is 29.6 Å². The maximum atomic E-state index is 12.2. The number of ether oxygens (including phenoxy) is 1. The molecule has 1 heterocycles. The second kappa shape index (κ2) is 5.75. The van der Waals surface area contributed by atoms with Crippen LogP contribution in [0, 0.1) is 6.92 Å². The molecular weight excluding hydrogens is 276 g/mol. The molecule has 0 aliphatic rings. The summed E-state index contributed by atoms with van der Waals surface area (Å²) in [5.41, 5.74) is 7.88. The Morgan fingerprint density at radius 3 is 2.75 bits per heavy atom. The summed E-state index contributed by atoms with van der Waals surface area (Å²) in [5.74, 6) is -0.782. The highest BCUT2D eigenvalue weighted by Crippen LogP contribution is 2.28. The molecule has 20 heavy (non-hydrogen) atoms. The Labute approximate surface area is 120 Å². The quantitative estimate of drug-likeness (QED) is 0.672. The van der Waals surface area contributed by atoms with E-state index >= 15 is 0 Å². The number of aryl methyl sites for hydroxylation is 1. The first-order valence-electron chi connectivity index (χ1n) is 5.86. The second-order valence-corrected chi connectivity index (χ2v) is 5.07. The minimum absolute atomic E-state index is 0.316. The number of thiophene rings is 1. The molecule has 1 aromatic carbocycles. The van der Waals surface area contributed by atoms with Crippen LogP contribution in [-0.2, 0) is 4.74 Å². The first-order chi connectivity index (χ1) is 9.52. The summed E-state index contributed by atoms with van der Waals surface area (Å²) < 4.78 is 4.70. The first-order valence-corrected chi connectivity index (χ1v) is 6.74. The van der Waals surface area contributed by atoms with Crippen LogP contribution in [-0.4, -0.2) is 19.0 Å². The zero-order chi connectivity index (χ0) is 14.7. The summed E-state index contributed by atoms with van der Waals surface area (Å²) in [7, 11) is 1.31. The lowest BCUT2D eigenvalue weighted by Gasteiger charge is -2.07. The normalized spacial score (nSPS) is 10.1. The third-order valence-corrected chi connectivity index (χ3v) is 3.81. The molecule has 0 saturated carbocycles. The topological polar surface area (TPSA) is 81.4 Å². The largest absolute Gasteiger partial charge is 0.465 e. The van der Waals surface area contributed by atoms with Crippen molar-refractivity contribution in [1.29, 1.82) is 0 Å². The van der Waals surface area contributed by atoms with Crippen LogP contribution < -0.4 is 11.1 Å². The van der Waals surface area contributed by atoms with Crippen molar-refractivity contribution in [3.05, 3.63) is 45.6 Å². The summed E-state index contributed by atoms with van der Waals surface area (Å²) in [5, 5.41) is 4.53. The Morgan fingerprint density at radius 2 is 2.10 bits per heavy atom. The Balaban J connectivity index is 2.28. The maximum Gasteiger partial charge on any atom is 0.350 e. The van der Waals surface area contributed by atoms with E-state index in [9.17, 15) is 9.59 Å². The van der Waals surface area contributed by atoms with E-state index in [4.69, 9.17) is 10.5 Å². The fraction of sp³-hybridized carbons (Fsp3) is 0.143. The predicted octanol–water partition coefficient (Wildman–Crippen LogP) is 2.68. The molecule has 0 fully saturated rings. The average molecular weight is 290 g/mol. The van der Waals surface area contributed by atoms with Crippen molar-refractivity contribution in [2.45, 2.75) is 6.92 Å². The molecule has 0 aliphatic carbocycles. The molecule has 0 bridgehead atoms. The molecule has 1 aromatic heterocycles. The fourth-order valence-corrected chi connectivity index (χ4v) is 2.63. The number of rotatable bonds is 3. The summed E-state index contributed by atoms with van der Waals surface area (Å²) in [6.07, 6.45) is 0. The molecule has 0 spiro atoms. The lowest BCUT2D eigenvalue weighted by molar-refractivity contribution is 0.0607. The maximum absolute atomic E-state index is 12.2. The third-order valence-electron chi connectivity index (χ3n) is 2.73. The molecule has 3 N–H and O–H groups in total. The molecule has 0 atom stereocenters. The van der Waals surface area contributed by atoms with Gasteiger partial charge in [0.15, 0.2) is 0 Å². The monoisotopic (exact) mass is 290 g/mol. The van der Waals surface area contributed by atoms with Crippen molar-refractivity contribution in [2.24, 2.45) is 0 Å². The van der Waals surface area contributed by atoms with Crippen molar-refractivity contribution in [1.82, 2.24) is 0 Å². The van der Waals surface area contributed by atoms with Crippen LogP contribution in [0.3, 0.4) is 0 Å². The van der Waals surface area contributed by atoms with Crippen LogP contribution in [0.4, 0.5) is 11.4 Å². The van der Waals surface area contributed by atoms with Gasteiger partial charge in [0.2, 0.25) is 0 Å². The summed E-state index contributed by atoms with van der Waals surface area (Å²) in [4.78, 5) is 24.2. The molecule has 6 heteroatoms. The van der Waals surface area contributed by atoms with Gasteiger partial charge in [0.05, 0.1) is 12.8 Å². The van der Waals surface area contributed by atoms with E-state index in [2.05, 4.69) is 5.32 Å².